The van der Waals surface area contributed by atoms with E-state index in [0.717, 1.165) is 11.0 Å². The van der Waals surface area contributed by atoms with Crippen molar-refractivity contribution in [3.63, 3.8) is 0 Å². The number of furan rings is 1. The van der Waals surface area contributed by atoms with Crippen molar-refractivity contribution < 1.29 is 9.21 Å². The highest BCUT2D eigenvalue weighted by Crippen LogP contribution is 2.14. The molecule has 2 heterocycles. The lowest BCUT2D eigenvalue weighted by Crippen LogP contribution is -2.11. The molecule has 3 rings (SSSR count). The smallest absolute Gasteiger partial charge is 0.293 e. The third-order valence-electron chi connectivity index (χ3n) is 2.59. The lowest BCUT2D eigenvalue weighted by Gasteiger charge is -1.97. The van der Waals surface area contributed by atoms with Crippen LogP contribution < -0.4 is 5.32 Å². The third kappa shape index (κ3) is 1.86. The number of amides is 1. The van der Waals surface area contributed by atoms with E-state index in [4.69, 9.17) is 4.42 Å². The highest BCUT2D eigenvalue weighted by Gasteiger charge is 2.12. The summed E-state index contributed by atoms with van der Waals surface area (Å²) in [4.78, 5) is 19.1. The number of imidazole rings is 1. The Balaban J connectivity index is 1.86. The average Bonchev–Trinajstić information content (AvgIpc) is 2.94. The largest absolute Gasteiger partial charge is 0.456 e. The number of para-hydroxylation sites is 2. The van der Waals surface area contributed by atoms with Gasteiger partial charge in [0.1, 0.15) is 5.76 Å². The minimum absolute atomic E-state index is 0.271. The van der Waals surface area contributed by atoms with Crippen LogP contribution in [0.25, 0.3) is 11.0 Å². The first-order valence-corrected chi connectivity index (χ1v) is 5.55. The molecule has 3 aromatic rings. The molecular weight excluding hydrogens is 230 g/mol. The molecule has 0 fully saturated rings. The molecule has 0 radical (unpaired) electrons. The summed E-state index contributed by atoms with van der Waals surface area (Å²) in [5.74, 6) is 1.06. The highest BCUT2D eigenvalue weighted by atomic mass is 16.3. The van der Waals surface area contributed by atoms with Gasteiger partial charge in [0, 0.05) is 0 Å². The summed E-state index contributed by atoms with van der Waals surface area (Å²) in [5.41, 5.74) is 1.69. The zero-order valence-corrected chi connectivity index (χ0v) is 9.73. The minimum Gasteiger partial charge on any atom is -0.456 e. The van der Waals surface area contributed by atoms with Gasteiger partial charge in [0.25, 0.3) is 5.91 Å². The molecule has 0 aliphatic rings. The Bertz CT molecular complexity index is 679. The maximum absolute atomic E-state index is 11.8. The van der Waals surface area contributed by atoms with E-state index >= 15 is 0 Å². The second kappa shape index (κ2) is 4.03. The normalized spacial score (nSPS) is 10.7. The number of rotatable bonds is 2. The van der Waals surface area contributed by atoms with Gasteiger partial charge in [-0.05, 0) is 31.2 Å². The van der Waals surface area contributed by atoms with Crippen molar-refractivity contribution in [1.29, 1.82) is 0 Å². The molecule has 0 unspecified atom stereocenters. The van der Waals surface area contributed by atoms with E-state index in [-0.39, 0.29) is 11.7 Å². The number of fused-ring (bicyclic) bond motifs is 1. The quantitative estimate of drug-likeness (QED) is 0.724. The van der Waals surface area contributed by atoms with Crippen molar-refractivity contribution >= 4 is 22.9 Å². The molecule has 0 saturated carbocycles. The van der Waals surface area contributed by atoms with Crippen molar-refractivity contribution in [1.82, 2.24) is 9.97 Å². The number of aromatic amines is 1. The Labute approximate surface area is 103 Å². The summed E-state index contributed by atoms with van der Waals surface area (Å²) in [6.45, 7) is 1.79. The fourth-order valence-corrected chi connectivity index (χ4v) is 1.74. The first-order chi connectivity index (χ1) is 8.72. The standard InChI is InChI=1S/C13H11N3O2/c1-8-6-7-11(18-8)12(17)16-13-14-9-4-2-3-5-10(9)15-13/h2-7H,1H3,(H2,14,15,16,17). The van der Waals surface area contributed by atoms with Crippen molar-refractivity contribution in [2.24, 2.45) is 0 Å². The lowest BCUT2D eigenvalue weighted by atomic mass is 10.3. The van der Waals surface area contributed by atoms with E-state index in [1.807, 2.05) is 24.3 Å². The molecular formula is C13H11N3O2. The summed E-state index contributed by atoms with van der Waals surface area (Å²) >= 11 is 0. The highest BCUT2D eigenvalue weighted by molar-refractivity contribution is 6.01. The molecule has 1 aromatic carbocycles. The van der Waals surface area contributed by atoms with E-state index in [0.29, 0.717) is 11.7 Å². The van der Waals surface area contributed by atoms with Gasteiger partial charge in [-0.25, -0.2) is 4.98 Å². The summed E-state index contributed by atoms with van der Waals surface area (Å²) in [5, 5.41) is 2.66. The van der Waals surface area contributed by atoms with Gasteiger partial charge >= 0.3 is 0 Å². The van der Waals surface area contributed by atoms with Crippen LogP contribution in [0.15, 0.2) is 40.8 Å². The second-order valence-electron chi connectivity index (χ2n) is 3.97. The number of nitrogens with zero attached hydrogens (tertiary/aromatic N) is 1. The van der Waals surface area contributed by atoms with E-state index < -0.39 is 0 Å². The second-order valence-corrected chi connectivity index (χ2v) is 3.97. The van der Waals surface area contributed by atoms with Gasteiger partial charge in [0.05, 0.1) is 11.0 Å². The molecule has 1 amide bonds. The number of aromatic nitrogens is 2. The predicted molar refractivity (Wildman–Crippen MR) is 67.5 cm³/mol. The van der Waals surface area contributed by atoms with Crippen LogP contribution in [0.3, 0.4) is 0 Å². The van der Waals surface area contributed by atoms with Crippen LogP contribution in [0.5, 0.6) is 0 Å². The van der Waals surface area contributed by atoms with Gasteiger partial charge in [-0.3, -0.25) is 10.1 Å². The van der Waals surface area contributed by atoms with Gasteiger partial charge < -0.3 is 9.40 Å². The Morgan fingerprint density at radius 3 is 2.83 bits per heavy atom. The molecule has 2 N–H and O–H groups in total. The predicted octanol–water partition coefficient (Wildman–Crippen LogP) is 2.72. The van der Waals surface area contributed by atoms with E-state index in [2.05, 4.69) is 15.3 Å². The number of aryl methyl sites for hydroxylation is 1. The number of carbonyl (C=O) groups excluding carboxylic acids is 1. The molecule has 5 heteroatoms. The van der Waals surface area contributed by atoms with Crippen molar-refractivity contribution in [2.75, 3.05) is 5.32 Å². The first kappa shape index (κ1) is 10.6. The monoisotopic (exact) mass is 241 g/mol. The Kier molecular flexibility index (Phi) is 2.37. The molecule has 0 bridgehead atoms. The maximum Gasteiger partial charge on any atom is 0.293 e. The summed E-state index contributed by atoms with van der Waals surface area (Å²) in [7, 11) is 0. The number of H-pyrrole nitrogens is 1. The van der Waals surface area contributed by atoms with Gasteiger partial charge in [0.2, 0.25) is 5.95 Å². The van der Waals surface area contributed by atoms with Crippen molar-refractivity contribution in [3.05, 3.63) is 47.9 Å². The Hall–Kier alpha value is -2.56. The molecule has 18 heavy (non-hydrogen) atoms. The number of hydrogen-bond donors (Lipinski definition) is 2. The number of anilines is 1. The van der Waals surface area contributed by atoms with Crippen LogP contribution in [0, 0.1) is 6.92 Å². The fourth-order valence-electron chi connectivity index (χ4n) is 1.74. The first-order valence-electron chi connectivity index (χ1n) is 5.55. The fraction of sp³-hybridized carbons (Fsp3) is 0.0769. The van der Waals surface area contributed by atoms with Crippen LogP contribution in [0.4, 0.5) is 5.95 Å². The molecule has 0 atom stereocenters. The van der Waals surface area contributed by atoms with Crippen LogP contribution >= 0.6 is 0 Å². The molecule has 0 aliphatic heterocycles. The zero-order chi connectivity index (χ0) is 12.5. The van der Waals surface area contributed by atoms with Gasteiger partial charge in [-0.15, -0.1) is 0 Å². The third-order valence-corrected chi connectivity index (χ3v) is 2.59. The molecule has 0 spiro atoms. The minimum atomic E-state index is -0.317. The van der Waals surface area contributed by atoms with Gasteiger partial charge in [0.15, 0.2) is 5.76 Å². The molecule has 2 aromatic heterocycles. The van der Waals surface area contributed by atoms with Crippen molar-refractivity contribution in [3.8, 4) is 0 Å². The summed E-state index contributed by atoms with van der Waals surface area (Å²) in [6, 6.07) is 10.9. The van der Waals surface area contributed by atoms with Gasteiger partial charge in [-0.2, -0.15) is 0 Å². The zero-order valence-electron chi connectivity index (χ0n) is 9.73. The van der Waals surface area contributed by atoms with Crippen LogP contribution in [-0.4, -0.2) is 15.9 Å². The SMILES string of the molecule is Cc1ccc(C(=O)Nc2nc3ccccc3[nH]2)o1. The summed E-state index contributed by atoms with van der Waals surface area (Å²) in [6.07, 6.45) is 0. The topological polar surface area (TPSA) is 70.9 Å². The van der Waals surface area contributed by atoms with Gasteiger partial charge in [-0.1, -0.05) is 12.1 Å². The van der Waals surface area contributed by atoms with Crippen LogP contribution in [0.1, 0.15) is 16.3 Å². The van der Waals surface area contributed by atoms with E-state index in [1.54, 1.807) is 19.1 Å². The summed E-state index contributed by atoms with van der Waals surface area (Å²) < 4.78 is 5.24. The Morgan fingerprint density at radius 2 is 2.11 bits per heavy atom. The van der Waals surface area contributed by atoms with Crippen LogP contribution in [0.2, 0.25) is 0 Å². The number of hydrogen-bond acceptors (Lipinski definition) is 3. The lowest BCUT2D eigenvalue weighted by molar-refractivity contribution is 0.0994. The molecule has 0 saturated heterocycles. The molecule has 90 valence electrons. The number of nitrogens with one attached hydrogen (secondary N) is 2. The van der Waals surface area contributed by atoms with Crippen molar-refractivity contribution in [2.45, 2.75) is 6.92 Å². The Morgan fingerprint density at radius 1 is 1.28 bits per heavy atom. The number of benzene rings is 1. The number of carbonyl (C=O) groups is 1. The maximum atomic E-state index is 11.8. The van der Waals surface area contributed by atoms with E-state index in [1.165, 1.54) is 0 Å². The van der Waals surface area contributed by atoms with E-state index in [9.17, 15) is 4.79 Å². The average molecular weight is 241 g/mol. The molecule has 5 nitrogen and oxygen atoms in total. The molecule has 0 aliphatic carbocycles. The van der Waals surface area contributed by atoms with Crippen LogP contribution in [-0.2, 0) is 0 Å².